The fraction of sp³-hybridized carbons (Fsp3) is 0.644. The molecule has 0 amide bonds. The maximum atomic E-state index is 12.8. The fourth-order valence-electron chi connectivity index (χ4n) is 6.84. The third kappa shape index (κ3) is 50.9. The predicted octanol–water partition coefficient (Wildman–Crippen LogP) is 17.5. The van der Waals surface area contributed by atoms with Crippen LogP contribution in [0.25, 0.3) is 0 Å². The fourth-order valence-corrected chi connectivity index (χ4v) is 6.84. The summed E-state index contributed by atoms with van der Waals surface area (Å²) in [6.07, 6.45) is 70.8. The molecule has 368 valence electrons. The van der Waals surface area contributed by atoms with Gasteiger partial charge in [0.05, 0.1) is 0 Å². The molecule has 65 heavy (non-hydrogen) atoms. The minimum Gasteiger partial charge on any atom is -0.462 e. The minimum atomic E-state index is -0.821. The van der Waals surface area contributed by atoms with Gasteiger partial charge in [-0.25, -0.2) is 0 Å². The van der Waals surface area contributed by atoms with Gasteiger partial charge in [0.15, 0.2) is 6.10 Å². The molecule has 0 rings (SSSR count). The van der Waals surface area contributed by atoms with E-state index in [0.717, 1.165) is 135 Å². The van der Waals surface area contributed by atoms with Gasteiger partial charge in [0.1, 0.15) is 13.2 Å². The van der Waals surface area contributed by atoms with Crippen LogP contribution in [0, 0.1) is 0 Å². The van der Waals surface area contributed by atoms with Crippen LogP contribution in [0.4, 0.5) is 0 Å². The maximum absolute atomic E-state index is 12.8. The van der Waals surface area contributed by atoms with Crippen molar-refractivity contribution >= 4 is 17.9 Å². The molecule has 0 heterocycles. The van der Waals surface area contributed by atoms with Gasteiger partial charge in [-0.2, -0.15) is 0 Å². The summed E-state index contributed by atoms with van der Waals surface area (Å²) in [6.45, 7) is 6.32. The third-order valence-corrected chi connectivity index (χ3v) is 10.7. The lowest BCUT2D eigenvalue weighted by Gasteiger charge is -2.18. The number of hydrogen-bond acceptors (Lipinski definition) is 6. The van der Waals surface area contributed by atoms with E-state index >= 15 is 0 Å². The average Bonchev–Trinajstić information content (AvgIpc) is 3.30. The second-order valence-electron chi connectivity index (χ2n) is 17.0. The number of carbonyl (C=O) groups is 3. The molecule has 0 fully saturated rings. The second kappa shape index (κ2) is 52.7. The molecule has 0 N–H and O–H groups in total. The van der Waals surface area contributed by atoms with Gasteiger partial charge in [-0.05, 0) is 116 Å². The van der Waals surface area contributed by atoms with Gasteiger partial charge in [0, 0.05) is 19.3 Å². The summed E-state index contributed by atoms with van der Waals surface area (Å²) in [5.41, 5.74) is 0. The lowest BCUT2D eigenvalue weighted by atomic mass is 10.1. The number of rotatable bonds is 46. The number of ether oxygens (including phenoxy) is 3. The zero-order valence-corrected chi connectivity index (χ0v) is 42.0. The quantitative estimate of drug-likeness (QED) is 0.0262. The van der Waals surface area contributed by atoms with Gasteiger partial charge in [0.2, 0.25) is 0 Å². The van der Waals surface area contributed by atoms with E-state index in [1.54, 1.807) is 0 Å². The van der Waals surface area contributed by atoms with Crippen LogP contribution in [0.15, 0.2) is 109 Å². The van der Waals surface area contributed by atoms with Gasteiger partial charge in [-0.1, -0.05) is 201 Å². The largest absolute Gasteiger partial charge is 0.462 e. The Balaban J connectivity index is 4.54. The number of allylic oxidation sites excluding steroid dienone is 18. The smallest absolute Gasteiger partial charge is 0.306 e. The highest BCUT2D eigenvalue weighted by atomic mass is 16.6. The third-order valence-electron chi connectivity index (χ3n) is 10.7. The molecule has 0 unspecified atom stereocenters. The molecule has 6 nitrogen and oxygen atoms in total. The highest BCUT2D eigenvalue weighted by molar-refractivity contribution is 5.71. The van der Waals surface area contributed by atoms with Crippen LogP contribution in [0.1, 0.15) is 226 Å². The van der Waals surface area contributed by atoms with Crippen molar-refractivity contribution in [1.29, 1.82) is 0 Å². The Kier molecular flexibility index (Phi) is 49.5. The van der Waals surface area contributed by atoms with E-state index in [2.05, 4.69) is 130 Å². The van der Waals surface area contributed by atoms with Crippen LogP contribution < -0.4 is 0 Å². The standard InChI is InChI=1S/C59H96O6/c1-4-7-10-13-16-19-22-25-28-29-32-35-38-41-44-47-50-53-59(62)65-56(54-63-57(60)51-48-45-42-39-36-33-30-26-23-20-17-14-11-8-5-2)55-64-58(61)52-49-46-43-40-37-34-31-27-24-21-18-15-12-9-6-3/h8-9,11-12,17-18,20-21,25-28,30-32,35,41,44,56H,4-7,10,13-16,19,22-24,29,33-34,36-40,42-43,45-55H2,1-3H3/b11-8-,12-9-,20-17-,21-18-,28-25-,30-26-,31-27-,35-32-,44-41-. The first-order valence-electron chi connectivity index (χ1n) is 26.4. The van der Waals surface area contributed by atoms with Crippen LogP contribution in [0.3, 0.4) is 0 Å². The second-order valence-corrected chi connectivity index (χ2v) is 17.0. The van der Waals surface area contributed by atoms with E-state index in [1.807, 2.05) is 0 Å². The van der Waals surface area contributed by atoms with Gasteiger partial charge in [-0.3, -0.25) is 14.4 Å². The first-order valence-corrected chi connectivity index (χ1v) is 26.4. The van der Waals surface area contributed by atoms with E-state index in [4.69, 9.17) is 14.2 Å². The Morgan fingerprint density at radius 1 is 0.323 bits per heavy atom. The van der Waals surface area contributed by atoms with Gasteiger partial charge < -0.3 is 14.2 Å². The van der Waals surface area contributed by atoms with E-state index in [9.17, 15) is 14.4 Å². The zero-order valence-electron chi connectivity index (χ0n) is 42.0. The lowest BCUT2D eigenvalue weighted by Crippen LogP contribution is -2.30. The Hall–Kier alpha value is -3.93. The van der Waals surface area contributed by atoms with E-state index in [-0.39, 0.29) is 37.5 Å². The van der Waals surface area contributed by atoms with Crippen molar-refractivity contribution in [2.24, 2.45) is 0 Å². The topological polar surface area (TPSA) is 78.9 Å². The zero-order chi connectivity index (χ0) is 47.2. The van der Waals surface area contributed by atoms with Crippen molar-refractivity contribution in [3.8, 4) is 0 Å². The van der Waals surface area contributed by atoms with E-state index < -0.39 is 6.10 Å². The van der Waals surface area contributed by atoms with Crippen LogP contribution in [-0.4, -0.2) is 37.2 Å². The normalized spacial score (nSPS) is 12.6. The van der Waals surface area contributed by atoms with Gasteiger partial charge in [0.25, 0.3) is 0 Å². The number of carbonyl (C=O) groups excluding carboxylic acids is 3. The van der Waals surface area contributed by atoms with Crippen LogP contribution >= 0.6 is 0 Å². The minimum absolute atomic E-state index is 0.115. The molecule has 6 heteroatoms. The van der Waals surface area contributed by atoms with E-state index in [1.165, 1.54) is 44.9 Å². The molecular weight excluding hydrogens is 805 g/mol. The summed E-state index contributed by atoms with van der Waals surface area (Å²) in [5.74, 6) is -1.00. The van der Waals surface area contributed by atoms with Crippen molar-refractivity contribution in [3.05, 3.63) is 109 Å². The Morgan fingerprint density at radius 2 is 0.615 bits per heavy atom. The Labute approximate surface area is 400 Å². The molecule has 0 spiro atoms. The lowest BCUT2D eigenvalue weighted by molar-refractivity contribution is -0.167. The molecule has 0 aliphatic heterocycles. The molecule has 0 atom stereocenters. The molecule has 0 aliphatic carbocycles. The van der Waals surface area contributed by atoms with Crippen molar-refractivity contribution in [2.45, 2.75) is 232 Å². The summed E-state index contributed by atoms with van der Waals surface area (Å²) in [6, 6.07) is 0. The molecule has 0 aromatic carbocycles. The van der Waals surface area contributed by atoms with Crippen LogP contribution in [0.5, 0.6) is 0 Å². The van der Waals surface area contributed by atoms with Crippen LogP contribution in [-0.2, 0) is 28.6 Å². The summed E-state index contributed by atoms with van der Waals surface area (Å²) >= 11 is 0. The molecule has 0 aliphatic rings. The summed E-state index contributed by atoms with van der Waals surface area (Å²) in [4.78, 5) is 38.0. The SMILES string of the molecule is CC/C=C\C/C=C\C/C=C\CCCCCCCC(=O)OCC(COC(=O)CCCCCCC/C=C\C/C=C\C/C=C\CC)OC(=O)CCC/C=C\C/C=C\C/C=C\CCCCCCCC. The molecule has 0 bridgehead atoms. The number of unbranched alkanes of at least 4 members (excludes halogenated alkanes) is 17. The molecule has 0 saturated carbocycles. The monoisotopic (exact) mass is 901 g/mol. The van der Waals surface area contributed by atoms with Crippen molar-refractivity contribution < 1.29 is 28.6 Å². The Morgan fingerprint density at radius 3 is 0.985 bits per heavy atom. The number of hydrogen-bond donors (Lipinski definition) is 0. The van der Waals surface area contributed by atoms with Crippen molar-refractivity contribution in [3.63, 3.8) is 0 Å². The summed E-state index contributed by atoms with van der Waals surface area (Å²) in [5, 5.41) is 0. The highest BCUT2D eigenvalue weighted by Gasteiger charge is 2.19. The van der Waals surface area contributed by atoms with Gasteiger partial charge in [-0.15, -0.1) is 0 Å². The number of esters is 3. The molecule has 0 aromatic heterocycles. The predicted molar refractivity (Wildman–Crippen MR) is 279 cm³/mol. The van der Waals surface area contributed by atoms with E-state index in [0.29, 0.717) is 19.3 Å². The maximum Gasteiger partial charge on any atom is 0.306 e. The van der Waals surface area contributed by atoms with Crippen LogP contribution in [0.2, 0.25) is 0 Å². The highest BCUT2D eigenvalue weighted by Crippen LogP contribution is 2.12. The molecule has 0 saturated heterocycles. The van der Waals surface area contributed by atoms with Crippen molar-refractivity contribution in [2.75, 3.05) is 13.2 Å². The van der Waals surface area contributed by atoms with Gasteiger partial charge >= 0.3 is 17.9 Å². The average molecular weight is 901 g/mol. The first-order chi connectivity index (χ1) is 32.0. The molecular formula is C59H96O6. The Bertz CT molecular complexity index is 1290. The first kappa shape index (κ1) is 61.1. The van der Waals surface area contributed by atoms with Crippen molar-refractivity contribution in [1.82, 2.24) is 0 Å². The molecule has 0 aromatic rings. The summed E-state index contributed by atoms with van der Waals surface area (Å²) in [7, 11) is 0. The summed E-state index contributed by atoms with van der Waals surface area (Å²) < 4.78 is 16.7. The molecule has 0 radical (unpaired) electrons.